The summed E-state index contributed by atoms with van der Waals surface area (Å²) >= 11 is 0. The smallest absolute Gasteiger partial charge is 0.292 e. The van der Waals surface area contributed by atoms with Gasteiger partial charge < -0.3 is 10.1 Å². The van der Waals surface area contributed by atoms with E-state index in [4.69, 9.17) is 4.74 Å². The second kappa shape index (κ2) is 10.7. The molecule has 0 spiro atoms. The molecule has 2 amide bonds. The number of hydrogen-bond acceptors (Lipinski definition) is 7. The summed E-state index contributed by atoms with van der Waals surface area (Å²) in [5.74, 6) is -1.64. The van der Waals surface area contributed by atoms with Crippen LogP contribution < -0.4 is 5.32 Å². The number of carbonyl (C=O) groups is 2. The first-order chi connectivity index (χ1) is 19.2. The highest BCUT2D eigenvalue weighted by Gasteiger charge is 2.59. The Kier molecular flexibility index (Phi) is 7.16. The van der Waals surface area contributed by atoms with E-state index in [1.165, 1.54) is 0 Å². The molecule has 1 fully saturated rings. The van der Waals surface area contributed by atoms with E-state index in [9.17, 15) is 28.1 Å². The van der Waals surface area contributed by atoms with Gasteiger partial charge in [0.2, 0.25) is 5.72 Å². The molecule has 1 heterocycles. The Labute approximate surface area is 230 Å². The van der Waals surface area contributed by atoms with Gasteiger partial charge >= 0.3 is 0 Å². The van der Waals surface area contributed by atoms with Gasteiger partial charge in [-0.05, 0) is 29.8 Å². The van der Waals surface area contributed by atoms with Crippen molar-refractivity contribution in [1.29, 1.82) is 0 Å². The minimum atomic E-state index is -4.61. The lowest BCUT2D eigenvalue weighted by Gasteiger charge is -2.27. The Hall–Kier alpha value is -4.87. The number of amides is 2. The van der Waals surface area contributed by atoms with Gasteiger partial charge in [-0.15, -0.1) is 0 Å². The van der Waals surface area contributed by atoms with E-state index in [0.29, 0.717) is 15.4 Å². The highest BCUT2D eigenvalue weighted by atomic mass is 32.2. The minimum absolute atomic E-state index is 0.166. The average molecular weight is 558 g/mol. The summed E-state index contributed by atoms with van der Waals surface area (Å²) in [5.41, 5.74) is -1.19. The monoisotopic (exact) mass is 557 g/mol. The SMILES string of the molecule is O=C(NC1(Cc2ccccc2)OC(c2ccccc2)N(S(=O)(=O)c2ccc([N+](=O)[O-])cc2)C1=O)c1ccccc1. The fourth-order valence-electron chi connectivity index (χ4n) is 4.46. The molecule has 0 radical (unpaired) electrons. The lowest BCUT2D eigenvalue weighted by atomic mass is 10.0. The van der Waals surface area contributed by atoms with Gasteiger partial charge in [0.25, 0.3) is 27.5 Å². The van der Waals surface area contributed by atoms with Crippen LogP contribution in [0.25, 0.3) is 0 Å². The number of benzene rings is 4. The van der Waals surface area contributed by atoms with Gasteiger partial charge in [0.15, 0.2) is 6.23 Å². The topological polar surface area (TPSA) is 136 Å². The van der Waals surface area contributed by atoms with Crippen molar-refractivity contribution >= 4 is 27.5 Å². The molecular weight excluding hydrogens is 534 g/mol. The van der Waals surface area contributed by atoms with E-state index in [1.54, 1.807) is 91.0 Å². The van der Waals surface area contributed by atoms with E-state index in [-0.39, 0.29) is 22.6 Å². The zero-order valence-corrected chi connectivity index (χ0v) is 21.7. The Morgan fingerprint density at radius 3 is 2.00 bits per heavy atom. The van der Waals surface area contributed by atoms with Crippen LogP contribution in [0.5, 0.6) is 0 Å². The number of nitro benzene ring substituents is 1. The van der Waals surface area contributed by atoms with Crippen LogP contribution in [0.15, 0.2) is 120 Å². The van der Waals surface area contributed by atoms with Crippen molar-refractivity contribution in [2.24, 2.45) is 0 Å². The lowest BCUT2D eigenvalue weighted by molar-refractivity contribution is -0.384. The molecule has 4 aromatic rings. The van der Waals surface area contributed by atoms with Crippen molar-refractivity contribution in [1.82, 2.24) is 9.62 Å². The third-order valence-electron chi connectivity index (χ3n) is 6.41. The van der Waals surface area contributed by atoms with Crippen LogP contribution >= 0.6 is 0 Å². The lowest BCUT2D eigenvalue weighted by Crippen LogP contribution is -2.57. The summed E-state index contributed by atoms with van der Waals surface area (Å²) in [6, 6.07) is 29.4. The largest absolute Gasteiger partial charge is 0.317 e. The summed E-state index contributed by atoms with van der Waals surface area (Å²) < 4.78 is 34.8. The molecule has 5 rings (SSSR count). The van der Waals surface area contributed by atoms with Gasteiger partial charge in [-0.25, -0.2) is 8.42 Å². The predicted octanol–water partition coefficient (Wildman–Crippen LogP) is 4.21. The zero-order valence-electron chi connectivity index (χ0n) is 20.9. The quantitative estimate of drug-likeness (QED) is 0.253. The maximum absolute atomic E-state index is 14.3. The molecule has 0 aromatic heterocycles. The fraction of sp³-hybridized carbons (Fsp3) is 0.103. The number of carbonyl (C=O) groups excluding carboxylic acids is 2. The van der Waals surface area contributed by atoms with E-state index in [1.807, 2.05) is 0 Å². The van der Waals surface area contributed by atoms with Crippen LogP contribution in [0.4, 0.5) is 5.69 Å². The van der Waals surface area contributed by atoms with Gasteiger partial charge in [0.05, 0.1) is 9.82 Å². The highest BCUT2D eigenvalue weighted by molar-refractivity contribution is 7.89. The molecular formula is C29H23N3O7S. The van der Waals surface area contributed by atoms with Crippen molar-refractivity contribution in [2.75, 3.05) is 0 Å². The molecule has 1 N–H and O–H groups in total. The van der Waals surface area contributed by atoms with Gasteiger partial charge in [-0.2, -0.15) is 4.31 Å². The fourth-order valence-corrected chi connectivity index (χ4v) is 5.95. The molecule has 10 nitrogen and oxygen atoms in total. The van der Waals surface area contributed by atoms with E-state index < -0.39 is 38.7 Å². The Bertz CT molecular complexity index is 1650. The number of nitro groups is 1. The summed E-state index contributed by atoms with van der Waals surface area (Å²) in [4.78, 5) is 37.7. The number of sulfonamides is 1. The van der Waals surface area contributed by atoms with Gasteiger partial charge in [-0.3, -0.25) is 19.7 Å². The normalized spacial score (nSPS) is 18.9. The molecule has 0 bridgehead atoms. The molecule has 2 unspecified atom stereocenters. The highest BCUT2D eigenvalue weighted by Crippen LogP contribution is 2.42. The third-order valence-corrected chi connectivity index (χ3v) is 8.15. The first-order valence-corrected chi connectivity index (χ1v) is 13.6. The number of ether oxygens (including phenoxy) is 1. The molecule has 1 saturated heterocycles. The van der Waals surface area contributed by atoms with Crippen LogP contribution in [-0.4, -0.2) is 35.2 Å². The van der Waals surface area contributed by atoms with E-state index in [0.717, 1.165) is 24.3 Å². The van der Waals surface area contributed by atoms with E-state index >= 15 is 0 Å². The van der Waals surface area contributed by atoms with Crippen molar-refractivity contribution in [3.63, 3.8) is 0 Å². The Balaban J connectivity index is 1.64. The maximum atomic E-state index is 14.3. The molecule has 1 aliphatic heterocycles. The summed E-state index contributed by atoms with van der Waals surface area (Å²) in [6.45, 7) is 0. The molecule has 40 heavy (non-hydrogen) atoms. The van der Waals surface area contributed by atoms with Crippen molar-refractivity contribution in [3.8, 4) is 0 Å². The molecule has 0 saturated carbocycles. The number of non-ortho nitro benzene ring substituents is 1. The first-order valence-electron chi connectivity index (χ1n) is 12.2. The summed E-state index contributed by atoms with van der Waals surface area (Å²) in [6.07, 6.45) is -1.60. The average Bonchev–Trinajstić information content (AvgIpc) is 3.26. The number of nitrogens with zero attached hydrogens (tertiary/aromatic N) is 2. The summed E-state index contributed by atoms with van der Waals surface area (Å²) in [5, 5.41) is 13.8. The minimum Gasteiger partial charge on any atom is -0.317 e. The summed E-state index contributed by atoms with van der Waals surface area (Å²) in [7, 11) is -4.61. The molecule has 202 valence electrons. The van der Waals surface area contributed by atoms with Crippen LogP contribution in [0.2, 0.25) is 0 Å². The van der Waals surface area contributed by atoms with Gasteiger partial charge in [0, 0.05) is 29.7 Å². The van der Waals surface area contributed by atoms with Crippen LogP contribution in [0, 0.1) is 10.1 Å². The molecule has 0 aliphatic carbocycles. The standard InChI is InChI=1S/C29H23N3O7S/c33-26(22-12-6-2-7-13-22)30-29(20-21-10-4-1-5-11-21)28(34)31(27(39-29)23-14-8-3-9-15-23)40(37,38)25-18-16-24(17-19-25)32(35)36/h1-19,27H,20H2,(H,30,33). The van der Waals surface area contributed by atoms with Gasteiger partial charge in [-0.1, -0.05) is 78.9 Å². The van der Waals surface area contributed by atoms with Crippen molar-refractivity contribution in [2.45, 2.75) is 23.3 Å². The number of nitrogens with one attached hydrogen (secondary N) is 1. The predicted molar refractivity (Wildman–Crippen MR) is 144 cm³/mol. The maximum Gasteiger partial charge on any atom is 0.292 e. The Morgan fingerprint density at radius 2 is 1.43 bits per heavy atom. The van der Waals surface area contributed by atoms with Crippen LogP contribution in [0.3, 0.4) is 0 Å². The zero-order chi connectivity index (χ0) is 28.3. The van der Waals surface area contributed by atoms with E-state index in [2.05, 4.69) is 5.32 Å². The van der Waals surface area contributed by atoms with Crippen LogP contribution in [0.1, 0.15) is 27.7 Å². The first kappa shape index (κ1) is 26.7. The third kappa shape index (κ3) is 5.07. The second-order valence-corrected chi connectivity index (χ2v) is 10.9. The molecule has 2 atom stereocenters. The number of rotatable bonds is 8. The second-order valence-electron chi connectivity index (χ2n) is 9.05. The molecule has 11 heteroatoms. The van der Waals surface area contributed by atoms with Crippen molar-refractivity contribution < 1.29 is 27.7 Å². The molecule has 4 aromatic carbocycles. The van der Waals surface area contributed by atoms with Gasteiger partial charge in [0.1, 0.15) is 0 Å². The van der Waals surface area contributed by atoms with Crippen molar-refractivity contribution in [3.05, 3.63) is 142 Å². The Morgan fingerprint density at radius 1 is 0.875 bits per heavy atom. The van der Waals surface area contributed by atoms with Crippen LogP contribution in [-0.2, 0) is 26.0 Å². The molecule has 1 aliphatic rings. The number of hydrogen-bond donors (Lipinski definition) is 1.